The van der Waals surface area contributed by atoms with Gasteiger partial charge in [0.15, 0.2) is 0 Å². The van der Waals surface area contributed by atoms with Crippen LogP contribution in [0.4, 0.5) is 5.69 Å². The molecular formula is C13H20N2O3S. The molecule has 1 atom stereocenters. The number of piperidine rings is 1. The highest BCUT2D eigenvalue weighted by Gasteiger charge is 2.27. The topological polar surface area (TPSA) is 69.6 Å². The minimum Gasteiger partial charge on any atom is -0.508 e. The summed E-state index contributed by atoms with van der Waals surface area (Å²) in [4.78, 5) is 0. The van der Waals surface area contributed by atoms with Crippen molar-refractivity contribution in [2.75, 3.05) is 17.8 Å². The summed E-state index contributed by atoms with van der Waals surface area (Å²) < 4.78 is 28.6. The zero-order valence-electron chi connectivity index (χ0n) is 11.3. The lowest BCUT2D eigenvalue weighted by atomic mass is 10.0. The van der Waals surface area contributed by atoms with E-state index in [0.29, 0.717) is 30.3 Å². The van der Waals surface area contributed by atoms with Crippen LogP contribution in [0.1, 0.15) is 25.3 Å². The number of aromatic hydroxyl groups is 1. The molecule has 6 heteroatoms. The molecule has 1 aliphatic heterocycles. The summed E-state index contributed by atoms with van der Waals surface area (Å²) in [6.45, 7) is 4.85. The molecule has 0 saturated carbocycles. The third-order valence-electron chi connectivity index (χ3n) is 3.50. The first kappa shape index (κ1) is 14.1. The van der Waals surface area contributed by atoms with Crippen LogP contribution in [0.3, 0.4) is 0 Å². The van der Waals surface area contributed by atoms with E-state index in [1.807, 2.05) is 0 Å². The molecule has 1 unspecified atom stereocenters. The Morgan fingerprint density at radius 1 is 1.42 bits per heavy atom. The molecule has 1 aliphatic rings. The Labute approximate surface area is 114 Å². The number of hydrogen-bond donors (Lipinski definition) is 2. The summed E-state index contributed by atoms with van der Waals surface area (Å²) in [6.07, 6.45) is 1.96. The van der Waals surface area contributed by atoms with E-state index in [1.54, 1.807) is 19.1 Å². The van der Waals surface area contributed by atoms with Gasteiger partial charge in [0.1, 0.15) is 5.75 Å². The fourth-order valence-corrected chi connectivity index (χ4v) is 3.75. The second-order valence-corrected chi connectivity index (χ2v) is 6.83. The number of rotatable bonds is 3. The van der Waals surface area contributed by atoms with E-state index in [1.165, 1.54) is 10.4 Å². The standard InChI is InChI=1S/C13H20N2O3S/c1-10-5-4-8-15(9-10)19(17,18)14-12-6-3-7-13(16)11(12)2/h3,6-7,10,14,16H,4-5,8-9H2,1-2H3. The predicted octanol–water partition coefficient (Wildman–Crippen LogP) is 2.09. The lowest BCUT2D eigenvalue weighted by Crippen LogP contribution is -2.42. The summed E-state index contributed by atoms with van der Waals surface area (Å²) in [5.41, 5.74) is 0.967. The molecule has 0 radical (unpaired) electrons. The molecule has 1 saturated heterocycles. The highest BCUT2D eigenvalue weighted by molar-refractivity contribution is 7.90. The molecule has 0 amide bonds. The molecule has 1 heterocycles. The van der Waals surface area contributed by atoms with Gasteiger partial charge in [-0.2, -0.15) is 12.7 Å². The Kier molecular flexibility index (Phi) is 4.01. The van der Waals surface area contributed by atoms with Crippen LogP contribution in [-0.2, 0) is 10.2 Å². The molecule has 5 nitrogen and oxygen atoms in total. The van der Waals surface area contributed by atoms with Crippen LogP contribution in [0.2, 0.25) is 0 Å². The van der Waals surface area contributed by atoms with Crippen molar-refractivity contribution in [1.29, 1.82) is 0 Å². The van der Waals surface area contributed by atoms with E-state index in [-0.39, 0.29) is 5.75 Å². The highest BCUT2D eigenvalue weighted by atomic mass is 32.2. The van der Waals surface area contributed by atoms with Gasteiger partial charge >= 0.3 is 10.2 Å². The first-order valence-electron chi connectivity index (χ1n) is 6.46. The zero-order chi connectivity index (χ0) is 14.0. The van der Waals surface area contributed by atoms with E-state index < -0.39 is 10.2 Å². The minimum atomic E-state index is -3.54. The van der Waals surface area contributed by atoms with Crippen molar-refractivity contribution < 1.29 is 13.5 Å². The molecule has 0 spiro atoms. The monoisotopic (exact) mass is 284 g/mol. The molecular weight excluding hydrogens is 264 g/mol. The maximum absolute atomic E-state index is 12.3. The van der Waals surface area contributed by atoms with Crippen LogP contribution in [0.5, 0.6) is 5.75 Å². The van der Waals surface area contributed by atoms with Crippen LogP contribution in [0.25, 0.3) is 0 Å². The number of nitrogens with zero attached hydrogens (tertiary/aromatic N) is 1. The first-order valence-corrected chi connectivity index (χ1v) is 7.90. The average molecular weight is 284 g/mol. The van der Waals surface area contributed by atoms with Crippen molar-refractivity contribution in [3.05, 3.63) is 23.8 Å². The number of nitrogens with one attached hydrogen (secondary N) is 1. The molecule has 0 bridgehead atoms. The van der Waals surface area contributed by atoms with Gasteiger partial charge in [0.05, 0.1) is 5.69 Å². The van der Waals surface area contributed by atoms with Gasteiger partial charge in [-0.1, -0.05) is 13.0 Å². The SMILES string of the molecule is Cc1c(O)cccc1NS(=O)(=O)N1CCCC(C)C1. The van der Waals surface area contributed by atoms with E-state index in [0.717, 1.165) is 12.8 Å². The van der Waals surface area contributed by atoms with Gasteiger partial charge in [-0.3, -0.25) is 4.72 Å². The van der Waals surface area contributed by atoms with Crippen molar-refractivity contribution in [2.24, 2.45) is 5.92 Å². The molecule has 2 N–H and O–H groups in total. The van der Waals surface area contributed by atoms with E-state index in [9.17, 15) is 13.5 Å². The second kappa shape index (κ2) is 5.38. The maximum Gasteiger partial charge on any atom is 0.301 e. The second-order valence-electron chi connectivity index (χ2n) is 5.16. The lowest BCUT2D eigenvalue weighted by molar-refractivity contribution is 0.282. The van der Waals surface area contributed by atoms with Crippen LogP contribution < -0.4 is 4.72 Å². The molecule has 19 heavy (non-hydrogen) atoms. The third kappa shape index (κ3) is 3.19. The van der Waals surface area contributed by atoms with E-state index in [4.69, 9.17) is 0 Å². The first-order chi connectivity index (χ1) is 8.90. The predicted molar refractivity (Wildman–Crippen MR) is 75.4 cm³/mol. The normalized spacial score (nSPS) is 21.3. The fraction of sp³-hybridized carbons (Fsp3) is 0.538. The quantitative estimate of drug-likeness (QED) is 0.893. The highest BCUT2D eigenvalue weighted by Crippen LogP contribution is 2.26. The molecule has 1 aromatic carbocycles. The van der Waals surface area contributed by atoms with Crippen LogP contribution in [0.15, 0.2) is 18.2 Å². The summed E-state index contributed by atoms with van der Waals surface area (Å²) >= 11 is 0. The summed E-state index contributed by atoms with van der Waals surface area (Å²) in [5, 5.41) is 9.60. The van der Waals surface area contributed by atoms with Crippen molar-refractivity contribution in [3.8, 4) is 5.75 Å². The van der Waals surface area contributed by atoms with Crippen molar-refractivity contribution in [2.45, 2.75) is 26.7 Å². The van der Waals surface area contributed by atoms with Gasteiger partial charge in [0.25, 0.3) is 0 Å². The minimum absolute atomic E-state index is 0.0900. The Hall–Kier alpha value is -1.27. The molecule has 106 valence electrons. The number of anilines is 1. The fourth-order valence-electron chi connectivity index (χ4n) is 2.30. The molecule has 1 aromatic rings. The van der Waals surface area contributed by atoms with Crippen LogP contribution in [-0.4, -0.2) is 30.9 Å². The number of phenols is 1. The summed E-state index contributed by atoms with van der Waals surface area (Å²) in [6, 6.07) is 4.81. The van der Waals surface area contributed by atoms with Crippen molar-refractivity contribution in [3.63, 3.8) is 0 Å². The zero-order valence-corrected chi connectivity index (χ0v) is 12.1. The lowest BCUT2D eigenvalue weighted by Gasteiger charge is -2.30. The summed E-state index contributed by atoms with van der Waals surface area (Å²) in [5.74, 6) is 0.475. The van der Waals surface area contributed by atoms with Gasteiger partial charge < -0.3 is 5.11 Å². The molecule has 0 aliphatic carbocycles. The Balaban J connectivity index is 2.19. The number of phenolic OH excluding ortho intramolecular Hbond substituents is 1. The smallest absolute Gasteiger partial charge is 0.301 e. The maximum atomic E-state index is 12.3. The van der Waals surface area contributed by atoms with Gasteiger partial charge in [0, 0.05) is 18.7 Å². The van der Waals surface area contributed by atoms with Crippen LogP contribution in [0, 0.1) is 12.8 Å². The Morgan fingerprint density at radius 2 is 2.16 bits per heavy atom. The van der Waals surface area contributed by atoms with Gasteiger partial charge in [-0.25, -0.2) is 0 Å². The summed E-state index contributed by atoms with van der Waals surface area (Å²) in [7, 11) is -3.54. The van der Waals surface area contributed by atoms with Gasteiger partial charge in [-0.15, -0.1) is 0 Å². The molecule has 1 fully saturated rings. The third-order valence-corrected chi connectivity index (χ3v) is 4.99. The largest absolute Gasteiger partial charge is 0.508 e. The van der Waals surface area contributed by atoms with E-state index in [2.05, 4.69) is 11.6 Å². The van der Waals surface area contributed by atoms with Gasteiger partial charge in [-0.05, 0) is 37.8 Å². The van der Waals surface area contributed by atoms with Crippen LogP contribution >= 0.6 is 0 Å². The molecule has 2 rings (SSSR count). The Bertz CT molecular complexity index is 557. The Morgan fingerprint density at radius 3 is 2.84 bits per heavy atom. The van der Waals surface area contributed by atoms with Crippen molar-refractivity contribution in [1.82, 2.24) is 4.31 Å². The van der Waals surface area contributed by atoms with Crippen molar-refractivity contribution >= 4 is 15.9 Å². The van der Waals surface area contributed by atoms with E-state index >= 15 is 0 Å². The number of hydrogen-bond acceptors (Lipinski definition) is 3. The van der Waals surface area contributed by atoms with Gasteiger partial charge in [0.2, 0.25) is 0 Å². The average Bonchev–Trinajstić information content (AvgIpc) is 2.35. The number of benzene rings is 1. The molecule has 0 aromatic heterocycles.